The highest BCUT2D eigenvalue weighted by atomic mass is 127. The highest BCUT2D eigenvalue weighted by Crippen LogP contribution is 2.36. The lowest BCUT2D eigenvalue weighted by Gasteiger charge is -2.22. The van der Waals surface area contributed by atoms with Gasteiger partial charge in [-0.2, -0.15) is 0 Å². The van der Waals surface area contributed by atoms with Crippen LogP contribution in [0.1, 0.15) is 30.0 Å². The number of aliphatic hydroxyl groups is 1. The van der Waals surface area contributed by atoms with Gasteiger partial charge in [0.05, 0.1) is 13.7 Å². The van der Waals surface area contributed by atoms with Crippen molar-refractivity contribution in [3.05, 3.63) is 65.2 Å². The summed E-state index contributed by atoms with van der Waals surface area (Å²) in [7, 11) is 1.69. The SMILES string of the molecule is CCNC(=NCC1(O)CCc2ccccc21)NCCc1ccccc1OC.I. The quantitative estimate of drug-likeness (QED) is 0.314. The number of para-hydroxylation sites is 1. The minimum Gasteiger partial charge on any atom is -0.496 e. The molecule has 0 saturated heterocycles. The van der Waals surface area contributed by atoms with Gasteiger partial charge in [0.15, 0.2) is 5.96 Å². The summed E-state index contributed by atoms with van der Waals surface area (Å²) in [5, 5.41) is 17.7. The van der Waals surface area contributed by atoms with Gasteiger partial charge in [-0.05, 0) is 48.9 Å². The number of fused-ring (bicyclic) bond motifs is 1. The van der Waals surface area contributed by atoms with E-state index in [1.165, 1.54) is 5.56 Å². The van der Waals surface area contributed by atoms with Crippen molar-refractivity contribution in [1.82, 2.24) is 10.6 Å². The summed E-state index contributed by atoms with van der Waals surface area (Å²) in [6.45, 7) is 3.90. The Balaban J connectivity index is 0.00000280. The predicted octanol–water partition coefficient (Wildman–Crippen LogP) is 3.24. The van der Waals surface area contributed by atoms with E-state index in [0.29, 0.717) is 6.54 Å². The van der Waals surface area contributed by atoms with E-state index in [4.69, 9.17) is 4.74 Å². The van der Waals surface area contributed by atoms with Gasteiger partial charge >= 0.3 is 0 Å². The second-order valence-corrected chi connectivity index (χ2v) is 6.87. The molecule has 3 rings (SSSR count). The Kier molecular flexibility index (Phi) is 8.57. The summed E-state index contributed by atoms with van der Waals surface area (Å²) in [5.74, 6) is 1.63. The van der Waals surface area contributed by atoms with Gasteiger partial charge in [0.25, 0.3) is 0 Å². The van der Waals surface area contributed by atoms with E-state index < -0.39 is 5.60 Å². The van der Waals surface area contributed by atoms with Crippen LogP contribution in [0.3, 0.4) is 0 Å². The molecule has 5 nitrogen and oxygen atoms in total. The monoisotopic (exact) mass is 495 g/mol. The summed E-state index contributed by atoms with van der Waals surface area (Å²) < 4.78 is 5.41. The molecule has 0 aliphatic heterocycles. The highest BCUT2D eigenvalue weighted by Gasteiger charge is 2.36. The lowest BCUT2D eigenvalue weighted by Crippen LogP contribution is -2.40. The van der Waals surface area contributed by atoms with Crippen LogP contribution in [0.2, 0.25) is 0 Å². The topological polar surface area (TPSA) is 65.9 Å². The van der Waals surface area contributed by atoms with E-state index in [1.54, 1.807) is 7.11 Å². The van der Waals surface area contributed by atoms with Crippen molar-refractivity contribution in [3.63, 3.8) is 0 Å². The van der Waals surface area contributed by atoms with E-state index in [2.05, 4.69) is 27.8 Å². The minimum absolute atomic E-state index is 0. The van der Waals surface area contributed by atoms with Crippen LogP contribution in [0.25, 0.3) is 0 Å². The molecule has 2 aromatic rings. The van der Waals surface area contributed by atoms with Crippen molar-refractivity contribution in [2.24, 2.45) is 4.99 Å². The van der Waals surface area contributed by atoms with Gasteiger partial charge in [0.1, 0.15) is 11.4 Å². The number of nitrogens with zero attached hydrogens (tertiary/aromatic N) is 1. The fraction of sp³-hybridized carbons (Fsp3) is 0.409. The third-order valence-electron chi connectivity index (χ3n) is 5.05. The van der Waals surface area contributed by atoms with E-state index in [0.717, 1.165) is 55.2 Å². The van der Waals surface area contributed by atoms with Gasteiger partial charge in [0.2, 0.25) is 0 Å². The highest BCUT2D eigenvalue weighted by molar-refractivity contribution is 14.0. The number of hydrogen-bond donors (Lipinski definition) is 3. The number of ether oxygens (including phenoxy) is 1. The number of guanidine groups is 1. The molecule has 3 N–H and O–H groups in total. The van der Waals surface area contributed by atoms with Gasteiger partial charge in [-0.1, -0.05) is 42.5 Å². The Hall–Kier alpha value is -1.80. The van der Waals surface area contributed by atoms with Crippen LogP contribution in [-0.4, -0.2) is 37.8 Å². The molecular weight excluding hydrogens is 465 g/mol. The number of halogens is 1. The van der Waals surface area contributed by atoms with Crippen molar-refractivity contribution in [2.75, 3.05) is 26.7 Å². The fourth-order valence-corrected chi connectivity index (χ4v) is 3.61. The Bertz CT molecular complexity index is 797. The lowest BCUT2D eigenvalue weighted by molar-refractivity contribution is 0.0485. The number of hydrogen-bond acceptors (Lipinski definition) is 3. The molecule has 0 spiro atoms. The first-order valence-electron chi connectivity index (χ1n) is 9.61. The molecule has 0 amide bonds. The van der Waals surface area contributed by atoms with Crippen molar-refractivity contribution < 1.29 is 9.84 Å². The smallest absolute Gasteiger partial charge is 0.191 e. The van der Waals surface area contributed by atoms with Crippen LogP contribution < -0.4 is 15.4 Å². The van der Waals surface area contributed by atoms with Crippen LogP contribution >= 0.6 is 24.0 Å². The number of benzene rings is 2. The normalized spacial score (nSPS) is 18.2. The van der Waals surface area contributed by atoms with Crippen molar-refractivity contribution in [1.29, 1.82) is 0 Å². The van der Waals surface area contributed by atoms with Crippen LogP contribution in [0, 0.1) is 0 Å². The summed E-state index contributed by atoms with van der Waals surface area (Å²) in [4.78, 5) is 4.65. The molecule has 28 heavy (non-hydrogen) atoms. The number of aliphatic imine (C=N–C) groups is 1. The van der Waals surface area contributed by atoms with Crippen LogP contribution in [0.4, 0.5) is 0 Å². The summed E-state index contributed by atoms with van der Waals surface area (Å²) in [6, 6.07) is 16.1. The maximum absolute atomic E-state index is 11.1. The number of aryl methyl sites for hydroxylation is 1. The maximum Gasteiger partial charge on any atom is 0.191 e. The van der Waals surface area contributed by atoms with E-state index in [9.17, 15) is 5.11 Å². The van der Waals surface area contributed by atoms with E-state index in [-0.39, 0.29) is 24.0 Å². The molecule has 2 aromatic carbocycles. The summed E-state index contributed by atoms with van der Waals surface area (Å²) in [5.41, 5.74) is 2.52. The molecule has 0 fully saturated rings. The largest absolute Gasteiger partial charge is 0.496 e. The predicted molar refractivity (Wildman–Crippen MR) is 125 cm³/mol. The molecule has 0 saturated carbocycles. The maximum atomic E-state index is 11.1. The molecule has 1 unspecified atom stereocenters. The summed E-state index contributed by atoms with van der Waals surface area (Å²) in [6.07, 6.45) is 2.46. The van der Waals surface area contributed by atoms with Gasteiger partial charge in [0, 0.05) is 13.1 Å². The van der Waals surface area contributed by atoms with Gasteiger partial charge < -0.3 is 20.5 Å². The van der Waals surface area contributed by atoms with Gasteiger partial charge in [-0.25, -0.2) is 4.99 Å². The Morgan fingerprint density at radius 2 is 1.89 bits per heavy atom. The zero-order valence-electron chi connectivity index (χ0n) is 16.6. The molecular formula is C22H30IN3O2. The third-order valence-corrected chi connectivity index (χ3v) is 5.05. The molecule has 6 heteroatoms. The fourth-order valence-electron chi connectivity index (χ4n) is 3.61. The minimum atomic E-state index is -0.873. The Morgan fingerprint density at radius 3 is 2.68 bits per heavy atom. The molecule has 0 aromatic heterocycles. The first-order chi connectivity index (χ1) is 13.2. The molecule has 1 aliphatic carbocycles. The zero-order valence-corrected chi connectivity index (χ0v) is 18.9. The molecule has 0 heterocycles. The van der Waals surface area contributed by atoms with Crippen molar-refractivity contribution >= 4 is 29.9 Å². The van der Waals surface area contributed by atoms with Crippen molar-refractivity contribution in [3.8, 4) is 5.75 Å². The molecule has 152 valence electrons. The van der Waals surface area contributed by atoms with E-state index in [1.807, 2.05) is 43.3 Å². The number of methoxy groups -OCH3 is 1. The standard InChI is InChI=1S/C22H29N3O2.HI/c1-3-23-21(24-15-13-18-9-5-7-11-20(18)27-2)25-16-22(26)14-12-17-8-4-6-10-19(17)22;/h4-11,26H,3,12-16H2,1-2H3,(H2,23,24,25);1H. The van der Waals surface area contributed by atoms with Gasteiger partial charge in [-0.15, -0.1) is 24.0 Å². The molecule has 0 radical (unpaired) electrons. The second kappa shape index (κ2) is 10.7. The second-order valence-electron chi connectivity index (χ2n) is 6.87. The Labute approximate surface area is 184 Å². The average molecular weight is 495 g/mol. The van der Waals surface area contributed by atoms with E-state index >= 15 is 0 Å². The Morgan fingerprint density at radius 1 is 1.14 bits per heavy atom. The summed E-state index contributed by atoms with van der Waals surface area (Å²) >= 11 is 0. The third kappa shape index (κ3) is 5.38. The molecule has 1 atom stereocenters. The van der Waals surface area contributed by atoms with Crippen LogP contribution in [-0.2, 0) is 18.4 Å². The first-order valence-corrected chi connectivity index (χ1v) is 9.61. The number of nitrogens with one attached hydrogen (secondary N) is 2. The zero-order chi connectivity index (χ0) is 19.1. The number of rotatable bonds is 7. The average Bonchev–Trinajstić information content (AvgIpc) is 3.04. The van der Waals surface area contributed by atoms with Crippen LogP contribution in [0.5, 0.6) is 5.75 Å². The lowest BCUT2D eigenvalue weighted by atomic mass is 9.96. The van der Waals surface area contributed by atoms with Crippen molar-refractivity contribution in [2.45, 2.75) is 31.8 Å². The van der Waals surface area contributed by atoms with Gasteiger partial charge in [-0.3, -0.25) is 0 Å². The first kappa shape index (κ1) is 22.5. The molecule has 1 aliphatic rings. The van der Waals surface area contributed by atoms with Crippen LogP contribution in [0.15, 0.2) is 53.5 Å². The molecule has 0 bridgehead atoms.